The van der Waals surface area contributed by atoms with Gasteiger partial charge in [0.15, 0.2) is 5.82 Å². The maximum Gasteiger partial charge on any atom is 0.161 e. The van der Waals surface area contributed by atoms with Gasteiger partial charge < -0.3 is 16.0 Å². The Morgan fingerprint density at radius 1 is 1.14 bits per heavy atom. The van der Waals surface area contributed by atoms with Crippen LogP contribution in [0.25, 0.3) is 22.5 Å². The number of nitrogens with one attached hydrogen (secondary N) is 1. The third-order valence-electron chi connectivity index (χ3n) is 7.53. The molecule has 0 spiro atoms. The molecule has 5 rings (SSSR count). The summed E-state index contributed by atoms with van der Waals surface area (Å²) in [6.45, 7) is 10.1. The average Bonchev–Trinajstić information content (AvgIpc) is 2.88. The third-order valence-corrected chi connectivity index (χ3v) is 7.53. The summed E-state index contributed by atoms with van der Waals surface area (Å²) in [4.78, 5) is 16.2. The lowest BCUT2D eigenvalue weighted by atomic mass is 9.62. The molecule has 0 amide bonds. The van der Waals surface area contributed by atoms with Crippen molar-refractivity contribution in [2.24, 2.45) is 10.7 Å². The van der Waals surface area contributed by atoms with Crippen molar-refractivity contribution in [3.05, 3.63) is 78.7 Å². The van der Waals surface area contributed by atoms with Crippen molar-refractivity contribution in [3.8, 4) is 11.4 Å². The number of aromatic nitrogens is 2. The molecule has 3 aliphatic carbocycles. The van der Waals surface area contributed by atoms with Gasteiger partial charge in [0, 0.05) is 67.5 Å². The quantitative estimate of drug-likeness (QED) is 0.323. The molecular formula is C31H40N6. The molecule has 2 bridgehead atoms. The summed E-state index contributed by atoms with van der Waals surface area (Å²) in [5.74, 6) is 1.52. The van der Waals surface area contributed by atoms with E-state index in [0.717, 1.165) is 77.8 Å². The number of rotatable bonds is 9. The highest BCUT2D eigenvalue weighted by molar-refractivity contribution is 6.12. The molecule has 6 heteroatoms. The van der Waals surface area contributed by atoms with E-state index in [2.05, 4.69) is 47.9 Å². The highest BCUT2D eigenvalue weighted by Crippen LogP contribution is 2.47. The van der Waals surface area contributed by atoms with Gasteiger partial charge in [0.25, 0.3) is 0 Å². The maximum atomic E-state index is 6.60. The van der Waals surface area contributed by atoms with Gasteiger partial charge in [-0.1, -0.05) is 49.1 Å². The zero-order valence-corrected chi connectivity index (χ0v) is 22.7. The largest absolute Gasteiger partial charge is 0.383 e. The van der Waals surface area contributed by atoms with Crippen molar-refractivity contribution in [1.29, 1.82) is 0 Å². The summed E-state index contributed by atoms with van der Waals surface area (Å²) in [6, 6.07) is 8.30. The van der Waals surface area contributed by atoms with Gasteiger partial charge in [0.2, 0.25) is 0 Å². The molecule has 3 fully saturated rings. The minimum atomic E-state index is 0.00545. The second-order valence-electron chi connectivity index (χ2n) is 10.9. The third kappa shape index (κ3) is 6.08. The van der Waals surface area contributed by atoms with E-state index >= 15 is 0 Å². The first-order valence-electron chi connectivity index (χ1n) is 13.0. The fourth-order valence-electron chi connectivity index (χ4n) is 5.43. The van der Waals surface area contributed by atoms with Crippen molar-refractivity contribution in [2.75, 3.05) is 26.5 Å². The number of benzene rings is 1. The summed E-state index contributed by atoms with van der Waals surface area (Å²) in [5.41, 5.74) is 12.5. The topological polar surface area (TPSA) is 79.4 Å². The lowest BCUT2D eigenvalue weighted by Gasteiger charge is -2.52. The summed E-state index contributed by atoms with van der Waals surface area (Å²) in [5, 5.41) is 3.89. The van der Waals surface area contributed by atoms with Crippen LogP contribution in [0.4, 0.5) is 5.82 Å². The van der Waals surface area contributed by atoms with E-state index in [1.807, 2.05) is 56.5 Å². The lowest BCUT2D eigenvalue weighted by molar-refractivity contribution is 0.126. The molecule has 3 N–H and O–H groups in total. The van der Waals surface area contributed by atoms with Crippen LogP contribution in [0.5, 0.6) is 0 Å². The van der Waals surface area contributed by atoms with Gasteiger partial charge in [-0.25, -0.2) is 9.97 Å². The van der Waals surface area contributed by atoms with Crippen LogP contribution in [0.2, 0.25) is 0 Å². The molecule has 0 aliphatic heterocycles. The predicted molar refractivity (Wildman–Crippen MR) is 158 cm³/mol. The van der Waals surface area contributed by atoms with Gasteiger partial charge in [-0.3, -0.25) is 4.99 Å². The minimum absolute atomic E-state index is 0.00545. The van der Waals surface area contributed by atoms with Crippen LogP contribution in [-0.2, 0) is 0 Å². The SMILES string of the molecule is C=C/C(=C\N(C)C)c1cccc(-c2ncc(/C(C=NC)=C/C(=C)C)c(NC34CCC(N)(CC3)CC4)n2)c1. The minimum Gasteiger partial charge on any atom is -0.383 e. The van der Waals surface area contributed by atoms with Crippen LogP contribution in [0.15, 0.2) is 72.5 Å². The second-order valence-corrected chi connectivity index (χ2v) is 10.9. The van der Waals surface area contributed by atoms with Crippen molar-refractivity contribution in [3.63, 3.8) is 0 Å². The van der Waals surface area contributed by atoms with Crippen LogP contribution in [0, 0.1) is 0 Å². The van der Waals surface area contributed by atoms with Crippen LogP contribution < -0.4 is 11.1 Å². The first-order chi connectivity index (χ1) is 17.7. The Balaban J connectivity index is 1.79. The fourth-order valence-corrected chi connectivity index (χ4v) is 5.43. The van der Waals surface area contributed by atoms with E-state index < -0.39 is 0 Å². The van der Waals surface area contributed by atoms with Crippen molar-refractivity contribution in [2.45, 2.75) is 56.5 Å². The molecule has 0 saturated heterocycles. The van der Waals surface area contributed by atoms with Gasteiger partial charge >= 0.3 is 0 Å². The zero-order chi connectivity index (χ0) is 26.6. The highest BCUT2D eigenvalue weighted by atomic mass is 15.1. The number of aliphatic imine (C=N–C) groups is 1. The van der Waals surface area contributed by atoms with Gasteiger partial charge in [-0.05, 0) is 62.7 Å². The molecule has 0 atom stereocenters. The Kier molecular flexibility index (Phi) is 7.79. The average molecular weight is 497 g/mol. The van der Waals surface area contributed by atoms with Gasteiger partial charge in [-0.2, -0.15) is 0 Å². The molecule has 6 nitrogen and oxygen atoms in total. The number of anilines is 1. The molecule has 37 heavy (non-hydrogen) atoms. The standard InChI is InChI=1S/C31H40N6/c1-7-23(21-37(5)6)24-9-8-10-25(18-24)28-34-20-27(26(19-33-4)17-22(2)3)29(35-28)36-31-14-11-30(32,12-15-31)13-16-31/h7-10,17-21H,1-2,11-16,32H2,3-6H3,(H,34,35,36)/b23-21+,26-17+,33-19?. The number of hydrogen-bond donors (Lipinski definition) is 2. The van der Waals surface area contributed by atoms with Crippen molar-refractivity contribution >= 4 is 23.2 Å². The van der Waals surface area contributed by atoms with E-state index in [4.69, 9.17) is 15.7 Å². The molecule has 194 valence electrons. The first kappa shape index (κ1) is 26.6. The van der Waals surface area contributed by atoms with E-state index in [1.165, 1.54) is 0 Å². The van der Waals surface area contributed by atoms with Crippen LogP contribution in [-0.4, -0.2) is 53.3 Å². The summed E-state index contributed by atoms with van der Waals surface area (Å²) in [6.07, 6.45) is 16.0. The van der Waals surface area contributed by atoms with E-state index in [0.29, 0.717) is 5.82 Å². The van der Waals surface area contributed by atoms with Crippen molar-refractivity contribution in [1.82, 2.24) is 14.9 Å². The lowest BCUT2D eigenvalue weighted by Crippen LogP contribution is -2.58. The Morgan fingerprint density at radius 3 is 2.43 bits per heavy atom. The van der Waals surface area contributed by atoms with E-state index in [1.54, 1.807) is 7.05 Å². The molecule has 0 unspecified atom stereocenters. The number of nitrogens with zero attached hydrogens (tertiary/aromatic N) is 4. The fraction of sp³-hybridized carbons (Fsp3) is 0.387. The molecule has 1 aromatic carbocycles. The monoisotopic (exact) mass is 496 g/mol. The molecule has 0 radical (unpaired) electrons. The van der Waals surface area contributed by atoms with Crippen molar-refractivity contribution < 1.29 is 0 Å². The number of fused-ring (bicyclic) bond motifs is 3. The first-order valence-corrected chi connectivity index (χ1v) is 13.0. The number of nitrogens with two attached hydrogens (primary N) is 1. The smallest absolute Gasteiger partial charge is 0.161 e. The van der Waals surface area contributed by atoms with Crippen LogP contribution >= 0.6 is 0 Å². The van der Waals surface area contributed by atoms with Gasteiger partial charge in [0.05, 0.1) is 0 Å². The van der Waals surface area contributed by atoms with Gasteiger partial charge in [-0.15, -0.1) is 0 Å². The number of hydrogen-bond acceptors (Lipinski definition) is 6. The summed E-state index contributed by atoms with van der Waals surface area (Å²) >= 11 is 0. The van der Waals surface area contributed by atoms with Gasteiger partial charge in [0.1, 0.15) is 5.82 Å². The van der Waals surface area contributed by atoms with E-state index in [9.17, 15) is 0 Å². The summed E-state index contributed by atoms with van der Waals surface area (Å²) < 4.78 is 0. The van der Waals surface area contributed by atoms with Crippen LogP contribution in [0.3, 0.4) is 0 Å². The maximum absolute atomic E-state index is 6.60. The van der Waals surface area contributed by atoms with Crippen LogP contribution in [0.1, 0.15) is 56.6 Å². The van der Waals surface area contributed by atoms with E-state index in [-0.39, 0.29) is 11.1 Å². The Labute approximate surface area is 221 Å². The Hall–Kier alpha value is -3.51. The molecule has 1 heterocycles. The number of allylic oxidation sites excluding steroid dienone is 5. The molecule has 3 saturated carbocycles. The zero-order valence-electron chi connectivity index (χ0n) is 22.7. The molecular weight excluding hydrogens is 456 g/mol. The normalized spacial score (nSPS) is 23.8. The Bertz CT molecular complexity index is 1240. The molecule has 3 aliphatic rings. The molecule has 2 aromatic rings. The predicted octanol–water partition coefficient (Wildman–Crippen LogP) is 6.11. The Morgan fingerprint density at radius 2 is 1.84 bits per heavy atom. The summed E-state index contributed by atoms with van der Waals surface area (Å²) in [7, 11) is 5.79. The molecule has 1 aromatic heterocycles. The second kappa shape index (κ2) is 10.9. The highest BCUT2D eigenvalue weighted by Gasteiger charge is 2.47.